The summed E-state index contributed by atoms with van der Waals surface area (Å²) < 4.78 is 12.8. The fraction of sp³-hybridized carbons (Fsp3) is 0.0625. The lowest BCUT2D eigenvalue weighted by Gasteiger charge is -1.98. The molecule has 4 rings (SSSR count). The number of hydrogen-bond acceptors (Lipinski definition) is 4. The Bertz CT molecular complexity index is 887. The fourth-order valence-corrected chi connectivity index (χ4v) is 2.30. The van der Waals surface area contributed by atoms with Crippen molar-refractivity contribution in [3.63, 3.8) is 0 Å². The van der Waals surface area contributed by atoms with Gasteiger partial charge in [0.2, 0.25) is 0 Å². The summed E-state index contributed by atoms with van der Waals surface area (Å²) in [5.41, 5.74) is 2.54. The van der Waals surface area contributed by atoms with Gasteiger partial charge in [-0.25, -0.2) is 4.98 Å². The van der Waals surface area contributed by atoms with Crippen molar-refractivity contribution >= 4 is 5.65 Å². The number of furan rings is 2. The molecule has 5 heteroatoms. The SMILES string of the molecule is OCc1ccc(-c2ccc3nc(-c4ccco4)cn3c2)o1. The van der Waals surface area contributed by atoms with Gasteiger partial charge >= 0.3 is 0 Å². The molecule has 104 valence electrons. The van der Waals surface area contributed by atoms with E-state index in [9.17, 15) is 0 Å². The topological polar surface area (TPSA) is 63.8 Å². The number of pyridine rings is 1. The van der Waals surface area contributed by atoms with Crippen molar-refractivity contribution in [1.82, 2.24) is 9.38 Å². The van der Waals surface area contributed by atoms with E-state index >= 15 is 0 Å². The molecule has 0 aliphatic carbocycles. The minimum absolute atomic E-state index is 0.101. The molecule has 0 aliphatic rings. The average Bonchev–Trinajstić information content (AvgIpc) is 3.24. The zero-order valence-corrected chi connectivity index (χ0v) is 11.1. The van der Waals surface area contributed by atoms with Crippen molar-refractivity contribution in [2.75, 3.05) is 0 Å². The van der Waals surface area contributed by atoms with Gasteiger partial charge in [-0.15, -0.1) is 0 Å². The van der Waals surface area contributed by atoms with E-state index in [-0.39, 0.29) is 6.61 Å². The van der Waals surface area contributed by atoms with Crippen molar-refractivity contribution in [3.8, 4) is 22.8 Å². The second-order valence-electron chi connectivity index (χ2n) is 4.71. The van der Waals surface area contributed by atoms with Gasteiger partial charge < -0.3 is 18.3 Å². The third-order valence-electron chi connectivity index (χ3n) is 3.33. The second kappa shape index (κ2) is 4.64. The number of fused-ring (bicyclic) bond motifs is 1. The third-order valence-corrected chi connectivity index (χ3v) is 3.33. The quantitative estimate of drug-likeness (QED) is 0.625. The van der Waals surface area contributed by atoms with E-state index < -0.39 is 0 Å². The maximum Gasteiger partial charge on any atom is 0.153 e. The smallest absolute Gasteiger partial charge is 0.153 e. The number of imidazole rings is 1. The highest BCUT2D eigenvalue weighted by atomic mass is 16.4. The molecule has 0 radical (unpaired) electrons. The number of aliphatic hydroxyl groups excluding tert-OH is 1. The highest BCUT2D eigenvalue weighted by Crippen LogP contribution is 2.25. The Morgan fingerprint density at radius 1 is 1.05 bits per heavy atom. The van der Waals surface area contributed by atoms with Crippen LogP contribution in [0.5, 0.6) is 0 Å². The van der Waals surface area contributed by atoms with Crippen LogP contribution in [0.3, 0.4) is 0 Å². The van der Waals surface area contributed by atoms with Crippen LogP contribution in [-0.2, 0) is 6.61 Å². The van der Waals surface area contributed by atoms with Gasteiger partial charge in [-0.3, -0.25) is 0 Å². The molecule has 0 aromatic carbocycles. The summed E-state index contributed by atoms with van der Waals surface area (Å²) in [6.45, 7) is -0.101. The minimum atomic E-state index is -0.101. The van der Waals surface area contributed by atoms with Crippen LogP contribution in [0.25, 0.3) is 28.4 Å². The number of aromatic nitrogens is 2. The Morgan fingerprint density at radius 3 is 2.76 bits per heavy atom. The molecule has 0 amide bonds. The van der Waals surface area contributed by atoms with E-state index in [1.165, 1.54) is 0 Å². The van der Waals surface area contributed by atoms with E-state index in [0.29, 0.717) is 11.5 Å². The first kappa shape index (κ1) is 12.0. The maximum atomic E-state index is 9.06. The summed E-state index contributed by atoms with van der Waals surface area (Å²) in [5, 5.41) is 9.06. The molecule has 0 unspecified atom stereocenters. The van der Waals surface area contributed by atoms with Crippen LogP contribution in [0.15, 0.2) is 63.9 Å². The summed E-state index contributed by atoms with van der Waals surface area (Å²) in [4.78, 5) is 4.51. The average molecular weight is 280 g/mol. The lowest BCUT2D eigenvalue weighted by molar-refractivity contribution is 0.248. The number of aliphatic hydroxyl groups is 1. The molecular weight excluding hydrogens is 268 g/mol. The molecule has 0 fully saturated rings. The Hall–Kier alpha value is -2.79. The normalized spacial score (nSPS) is 11.3. The minimum Gasteiger partial charge on any atom is -0.463 e. The highest BCUT2D eigenvalue weighted by molar-refractivity contribution is 5.63. The Kier molecular flexibility index (Phi) is 2.65. The molecule has 4 aromatic rings. The van der Waals surface area contributed by atoms with Crippen LogP contribution in [0, 0.1) is 0 Å². The van der Waals surface area contributed by atoms with Gasteiger partial charge in [-0.1, -0.05) is 0 Å². The first-order chi connectivity index (χ1) is 10.3. The van der Waals surface area contributed by atoms with Gasteiger partial charge in [0, 0.05) is 18.0 Å². The lowest BCUT2D eigenvalue weighted by atomic mass is 10.2. The summed E-state index contributed by atoms with van der Waals surface area (Å²) in [5.74, 6) is 2.00. The van der Waals surface area contributed by atoms with Crippen molar-refractivity contribution in [3.05, 3.63) is 60.8 Å². The van der Waals surface area contributed by atoms with Crippen molar-refractivity contribution in [2.45, 2.75) is 6.61 Å². The maximum absolute atomic E-state index is 9.06. The molecule has 5 nitrogen and oxygen atoms in total. The van der Waals surface area contributed by atoms with Crippen LogP contribution in [0.4, 0.5) is 0 Å². The monoisotopic (exact) mass is 280 g/mol. The summed E-state index contributed by atoms with van der Waals surface area (Å²) >= 11 is 0. The number of rotatable bonds is 3. The van der Waals surface area contributed by atoms with Crippen LogP contribution in [-0.4, -0.2) is 14.5 Å². The van der Waals surface area contributed by atoms with Gasteiger partial charge in [-0.05, 0) is 36.4 Å². The zero-order valence-electron chi connectivity index (χ0n) is 11.1. The molecule has 21 heavy (non-hydrogen) atoms. The molecule has 0 atom stereocenters. The zero-order chi connectivity index (χ0) is 14.2. The molecular formula is C16H12N2O3. The predicted molar refractivity (Wildman–Crippen MR) is 76.5 cm³/mol. The highest BCUT2D eigenvalue weighted by Gasteiger charge is 2.09. The summed E-state index contributed by atoms with van der Waals surface area (Å²) in [6, 6.07) is 11.2. The van der Waals surface area contributed by atoms with Crippen LogP contribution in [0.1, 0.15) is 5.76 Å². The van der Waals surface area contributed by atoms with Crippen molar-refractivity contribution < 1.29 is 13.9 Å². The van der Waals surface area contributed by atoms with Crippen LogP contribution >= 0.6 is 0 Å². The molecule has 0 saturated carbocycles. The van der Waals surface area contributed by atoms with E-state index in [4.69, 9.17) is 13.9 Å². The van der Waals surface area contributed by atoms with Gasteiger partial charge in [0.05, 0.1) is 6.26 Å². The van der Waals surface area contributed by atoms with Gasteiger partial charge in [0.15, 0.2) is 5.76 Å². The molecule has 1 N–H and O–H groups in total. The Labute approximate surface area is 120 Å². The van der Waals surface area contributed by atoms with Crippen molar-refractivity contribution in [2.24, 2.45) is 0 Å². The third kappa shape index (κ3) is 2.04. The second-order valence-corrected chi connectivity index (χ2v) is 4.71. The molecule has 0 spiro atoms. The molecule has 0 saturated heterocycles. The van der Waals surface area contributed by atoms with E-state index in [1.54, 1.807) is 12.3 Å². The van der Waals surface area contributed by atoms with E-state index in [2.05, 4.69) is 4.98 Å². The van der Waals surface area contributed by atoms with Gasteiger partial charge in [0.25, 0.3) is 0 Å². The van der Waals surface area contributed by atoms with E-state index in [1.807, 2.05) is 47.1 Å². The largest absolute Gasteiger partial charge is 0.463 e. The molecule has 4 aromatic heterocycles. The predicted octanol–water partition coefficient (Wildman–Crippen LogP) is 3.35. The fourth-order valence-electron chi connectivity index (χ4n) is 2.30. The van der Waals surface area contributed by atoms with Crippen LogP contribution in [0.2, 0.25) is 0 Å². The standard InChI is InChI=1S/C16H12N2O3/c19-10-12-4-5-14(21-12)11-3-6-16-17-13(9-18(16)8-11)15-2-1-7-20-15/h1-9,19H,10H2. The first-order valence-corrected chi connectivity index (χ1v) is 6.56. The Balaban J connectivity index is 1.79. The van der Waals surface area contributed by atoms with Crippen LogP contribution < -0.4 is 0 Å². The van der Waals surface area contributed by atoms with Crippen molar-refractivity contribution in [1.29, 1.82) is 0 Å². The summed E-state index contributed by atoms with van der Waals surface area (Å²) in [6.07, 6.45) is 5.48. The Morgan fingerprint density at radius 2 is 2.00 bits per heavy atom. The molecule has 4 heterocycles. The summed E-state index contributed by atoms with van der Waals surface area (Å²) in [7, 11) is 0. The number of nitrogens with zero attached hydrogens (tertiary/aromatic N) is 2. The number of hydrogen-bond donors (Lipinski definition) is 1. The molecule has 0 bridgehead atoms. The van der Waals surface area contributed by atoms with E-state index in [0.717, 1.165) is 22.7 Å². The lowest BCUT2D eigenvalue weighted by Crippen LogP contribution is -1.84. The first-order valence-electron chi connectivity index (χ1n) is 6.56. The van der Waals surface area contributed by atoms with Gasteiger partial charge in [-0.2, -0.15) is 0 Å². The van der Waals surface area contributed by atoms with Gasteiger partial charge in [0.1, 0.15) is 29.5 Å². The molecule has 0 aliphatic heterocycles.